The van der Waals surface area contributed by atoms with Crippen molar-refractivity contribution in [3.05, 3.63) is 33.5 Å². The fourth-order valence-corrected chi connectivity index (χ4v) is 4.34. The lowest BCUT2D eigenvalue weighted by Crippen LogP contribution is -2.46. The van der Waals surface area contributed by atoms with Gasteiger partial charge in [0.05, 0.1) is 0 Å². The van der Waals surface area contributed by atoms with Crippen LogP contribution in [0.25, 0.3) is 0 Å². The van der Waals surface area contributed by atoms with E-state index in [4.69, 9.17) is 4.99 Å². The summed E-state index contributed by atoms with van der Waals surface area (Å²) < 4.78 is 1.99. The molecule has 2 N–H and O–H groups in total. The van der Waals surface area contributed by atoms with Crippen LogP contribution in [-0.2, 0) is 20.0 Å². The van der Waals surface area contributed by atoms with Crippen LogP contribution in [0.1, 0.15) is 54.0 Å². The van der Waals surface area contributed by atoms with Gasteiger partial charge in [-0.3, -0.25) is 0 Å². The number of nitrogens with zero attached hydrogens (tertiary/aromatic N) is 4. The van der Waals surface area contributed by atoms with Crippen molar-refractivity contribution >= 4 is 41.3 Å². The van der Waals surface area contributed by atoms with Gasteiger partial charge >= 0.3 is 0 Å². The van der Waals surface area contributed by atoms with Gasteiger partial charge in [0.25, 0.3) is 0 Å². The van der Waals surface area contributed by atoms with E-state index >= 15 is 0 Å². The molecule has 27 heavy (non-hydrogen) atoms. The van der Waals surface area contributed by atoms with E-state index in [2.05, 4.69) is 46.8 Å². The Morgan fingerprint density at radius 2 is 2.04 bits per heavy atom. The first-order chi connectivity index (χ1) is 12.5. The van der Waals surface area contributed by atoms with Gasteiger partial charge in [-0.25, -0.2) is 4.99 Å². The lowest BCUT2D eigenvalue weighted by molar-refractivity contribution is 0.583. The molecular weight excluding hydrogens is 471 g/mol. The summed E-state index contributed by atoms with van der Waals surface area (Å²) in [4.78, 5) is 7.57. The molecule has 2 aromatic heterocycles. The maximum absolute atomic E-state index is 4.79. The quantitative estimate of drug-likeness (QED) is 0.359. The molecule has 2 aromatic rings. The zero-order valence-electron chi connectivity index (χ0n) is 16.7. The highest BCUT2D eigenvalue weighted by Crippen LogP contribution is 2.18. The Morgan fingerprint density at radius 3 is 2.63 bits per heavy atom. The molecule has 0 radical (unpaired) electrons. The molecule has 3 rings (SSSR count). The van der Waals surface area contributed by atoms with Crippen molar-refractivity contribution in [1.82, 2.24) is 25.4 Å². The molecule has 150 valence electrons. The number of hydrogen-bond acceptors (Lipinski definition) is 4. The number of thiophene rings is 1. The van der Waals surface area contributed by atoms with Gasteiger partial charge in [-0.1, -0.05) is 12.8 Å². The summed E-state index contributed by atoms with van der Waals surface area (Å²) >= 11 is 1.87. The predicted octanol–water partition coefficient (Wildman–Crippen LogP) is 3.72. The smallest absolute Gasteiger partial charge is 0.192 e. The van der Waals surface area contributed by atoms with Crippen molar-refractivity contribution in [2.24, 2.45) is 12.0 Å². The van der Waals surface area contributed by atoms with E-state index in [1.54, 1.807) is 0 Å². The van der Waals surface area contributed by atoms with Crippen LogP contribution in [0.15, 0.2) is 17.1 Å². The molecule has 8 heteroatoms. The molecule has 0 aromatic carbocycles. The van der Waals surface area contributed by atoms with Gasteiger partial charge in [0, 0.05) is 35.3 Å². The van der Waals surface area contributed by atoms with Crippen molar-refractivity contribution in [2.75, 3.05) is 0 Å². The van der Waals surface area contributed by atoms with Crippen LogP contribution in [0, 0.1) is 13.8 Å². The van der Waals surface area contributed by atoms with Crippen LogP contribution < -0.4 is 10.6 Å². The summed E-state index contributed by atoms with van der Waals surface area (Å²) in [5.41, 5.74) is 0. The van der Waals surface area contributed by atoms with Crippen LogP contribution in [0.5, 0.6) is 0 Å². The topological polar surface area (TPSA) is 67.1 Å². The van der Waals surface area contributed by atoms with Gasteiger partial charge in [0.15, 0.2) is 11.8 Å². The molecule has 1 unspecified atom stereocenters. The third-order valence-electron chi connectivity index (χ3n) is 4.94. The van der Waals surface area contributed by atoms with Gasteiger partial charge in [-0.2, -0.15) is 0 Å². The number of rotatable bonds is 6. The van der Waals surface area contributed by atoms with Crippen molar-refractivity contribution in [3.8, 4) is 0 Å². The van der Waals surface area contributed by atoms with Crippen molar-refractivity contribution in [3.63, 3.8) is 0 Å². The Kier molecular flexibility index (Phi) is 8.53. The molecule has 0 aliphatic heterocycles. The highest BCUT2D eigenvalue weighted by atomic mass is 127. The summed E-state index contributed by atoms with van der Waals surface area (Å²) in [5, 5.41) is 15.5. The van der Waals surface area contributed by atoms with Crippen LogP contribution in [0.4, 0.5) is 0 Å². The van der Waals surface area contributed by atoms with E-state index in [1.807, 2.05) is 29.9 Å². The van der Waals surface area contributed by atoms with Crippen LogP contribution in [0.2, 0.25) is 0 Å². The molecule has 0 saturated heterocycles. The molecule has 1 saturated carbocycles. The van der Waals surface area contributed by atoms with E-state index in [1.165, 1.54) is 35.4 Å². The molecule has 6 nitrogen and oxygen atoms in total. The monoisotopic (exact) mass is 502 g/mol. The first kappa shape index (κ1) is 22.1. The minimum absolute atomic E-state index is 0. The first-order valence-electron chi connectivity index (χ1n) is 9.49. The van der Waals surface area contributed by atoms with Crippen LogP contribution >= 0.6 is 35.3 Å². The summed E-state index contributed by atoms with van der Waals surface area (Å²) in [6, 6.07) is 5.26. The SMILES string of the molecule is Cc1ccc(CC(C)NC(=NCc2nnc(C)n2C)NC2CCCC2)s1.I. The Balaban J connectivity index is 0.00000261. The second-order valence-corrected chi connectivity index (χ2v) is 8.65. The van der Waals surface area contributed by atoms with Gasteiger partial charge < -0.3 is 15.2 Å². The maximum atomic E-state index is 4.79. The van der Waals surface area contributed by atoms with E-state index < -0.39 is 0 Å². The number of aromatic nitrogens is 3. The third-order valence-corrected chi connectivity index (χ3v) is 5.97. The zero-order chi connectivity index (χ0) is 18.5. The van der Waals surface area contributed by atoms with Crippen molar-refractivity contribution in [2.45, 2.75) is 71.5 Å². The van der Waals surface area contributed by atoms with E-state index in [9.17, 15) is 0 Å². The lowest BCUT2D eigenvalue weighted by atomic mass is 10.2. The number of halogens is 1. The van der Waals surface area contributed by atoms with E-state index in [-0.39, 0.29) is 24.0 Å². The fraction of sp³-hybridized carbons (Fsp3) is 0.632. The first-order valence-corrected chi connectivity index (χ1v) is 10.3. The number of guanidine groups is 1. The summed E-state index contributed by atoms with van der Waals surface area (Å²) in [6.45, 7) is 6.86. The second-order valence-electron chi connectivity index (χ2n) is 7.27. The molecule has 0 bridgehead atoms. The van der Waals surface area contributed by atoms with E-state index in [0.717, 1.165) is 24.0 Å². The minimum atomic E-state index is 0. The molecule has 0 amide bonds. The molecule has 1 aliphatic carbocycles. The van der Waals surface area contributed by atoms with Crippen molar-refractivity contribution < 1.29 is 0 Å². The molecule has 1 aliphatic rings. The standard InChI is InChI=1S/C19H30N6S.HI/c1-13(11-17-10-9-14(2)26-17)21-19(22-16-7-5-6-8-16)20-12-18-24-23-15(3)25(18)4;/h9-10,13,16H,5-8,11-12H2,1-4H3,(H2,20,21,22);1H. The summed E-state index contributed by atoms with van der Waals surface area (Å²) in [7, 11) is 1.99. The average Bonchev–Trinajstić information content (AvgIpc) is 3.31. The Morgan fingerprint density at radius 1 is 1.30 bits per heavy atom. The Hall–Kier alpha value is -1.16. The molecule has 1 atom stereocenters. The minimum Gasteiger partial charge on any atom is -0.354 e. The van der Waals surface area contributed by atoms with Gasteiger partial charge in [0.1, 0.15) is 12.4 Å². The maximum Gasteiger partial charge on any atom is 0.192 e. The molecule has 0 spiro atoms. The molecule has 1 fully saturated rings. The van der Waals surface area contributed by atoms with Crippen LogP contribution in [0.3, 0.4) is 0 Å². The van der Waals surface area contributed by atoms with Gasteiger partial charge in [-0.15, -0.1) is 45.5 Å². The molecular formula is C19H31IN6S. The highest BCUT2D eigenvalue weighted by Gasteiger charge is 2.17. The van der Waals surface area contributed by atoms with Gasteiger partial charge in [-0.05, 0) is 45.7 Å². The third kappa shape index (κ3) is 6.44. The highest BCUT2D eigenvalue weighted by molar-refractivity contribution is 14.0. The largest absolute Gasteiger partial charge is 0.354 e. The van der Waals surface area contributed by atoms with E-state index in [0.29, 0.717) is 18.6 Å². The average molecular weight is 502 g/mol. The Bertz CT molecular complexity index is 747. The lowest BCUT2D eigenvalue weighted by Gasteiger charge is -2.21. The zero-order valence-corrected chi connectivity index (χ0v) is 19.8. The summed E-state index contributed by atoms with van der Waals surface area (Å²) in [5.74, 6) is 2.68. The predicted molar refractivity (Wildman–Crippen MR) is 123 cm³/mol. The Labute approximate surface area is 183 Å². The number of nitrogens with one attached hydrogen (secondary N) is 2. The molecule has 2 heterocycles. The second kappa shape index (κ2) is 10.4. The summed E-state index contributed by atoms with van der Waals surface area (Å²) in [6.07, 6.45) is 6.06. The van der Waals surface area contributed by atoms with Crippen LogP contribution in [-0.4, -0.2) is 32.8 Å². The number of aryl methyl sites for hydroxylation is 2. The number of hydrogen-bond donors (Lipinski definition) is 2. The normalized spacial score (nSPS) is 16.2. The number of aliphatic imine (C=N–C) groups is 1. The van der Waals surface area contributed by atoms with Crippen molar-refractivity contribution in [1.29, 1.82) is 0 Å². The fourth-order valence-electron chi connectivity index (χ4n) is 3.32. The van der Waals surface area contributed by atoms with Gasteiger partial charge in [0.2, 0.25) is 0 Å².